The van der Waals surface area contributed by atoms with Crippen LogP contribution in [0.2, 0.25) is 0 Å². The number of anilines is 1. The van der Waals surface area contributed by atoms with Crippen LogP contribution < -0.4 is 19.5 Å². The fourth-order valence-corrected chi connectivity index (χ4v) is 3.23. The number of nitrogens with one attached hydrogen (secondary N) is 1. The summed E-state index contributed by atoms with van der Waals surface area (Å²) < 4.78 is 21.0. The van der Waals surface area contributed by atoms with E-state index in [0.717, 1.165) is 5.56 Å². The summed E-state index contributed by atoms with van der Waals surface area (Å²) in [6.45, 7) is -0.293. The molecule has 0 saturated carbocycles. The summed E-state index contributed by atoms with van der Waals surface area (Å²) in [7, 11) is 4.73. The van der Waals surface area contributed by atoms with Gasteiger partial charge in [0.05, 0.1) is 19.8 Å². The Morgan fingerprint density at radius 1 is 0.833 bits per heavy atom. The second-order valence-corrected chi connectivity index (χ2v) is 7.73. The van der Waals surface area contributed by atoms with E-state index < -0.39 is 12.6 Å². The quantitative estimate of drug-likeness (QED) is 0.409. The molecule has 36 heavy (non-hydrogen) atoms. The molecule has 0 spiro atoms. The Bertz CT molecular complexity index is 1190. The number of ether oxygens (including phenoxy) is 4. The predicted octanol–water partition coefficient (Wildman–Crippen LogP) is 3.54. The van der Waals surface area contributed by atoms with Crippen molar-refractivity contribution in [3.8, 4) is 17.2 Å². The van der Waals surface area contributed by atoms with E-state index >= 15 is 0 Å². The molecule has 9 nitrogen and oxygen atoms in total. The number of hydrogen-bond acceptors (Lipinski definition) is 7. The Labute approximate surface area is 209 Å². The molecule has 3 rings (SSSR count). The first-order chi connectivity index (χ1) is 17.4. The second-order valence-electron chi connectivity index (χ2n) is 7.73. The number of para-hydroxylation sites is 1. The molecule has 0 bridgehead atoms. The molecule has 9 heteroatoms. The van der Waals surface area contributed by atoms with Gasteiger partial charge in [-0.15, -0.1) is 0 Å². The maximum atomic E-state index is 12.4. The van der Waals surface area contributed by atoms with Crippen molar-refractivity contribution >= 4 is 23.5 Å². The second kappa shape index (κ2) is 12.8. The minimum absolute atomic E-state index is 0.214. The molecule has 0 aliphatic carbocycles. The molecule has 3 aromatic rings. The Kier molecular flexibility index (Phi) is 9.27. The summed E-state index contributed by atoms with van der Waals surface area (Å²) >= 11 is 0. The third-order valence-electron chi connectivity index (χ3n) is 5.17. The predicted molar refractivity (Wildman–Crippen MR) is 133 cm³/mol. The van der Waals surface area contributed by atoms with Crippen LogP contribution in [0.1, 0.15) is 15.9 Å². The van der Waals surface area contributed by atoms with Crippen LogP contribution in [0.25, 0.3) is 0 Å². The van der Waals surface area contributed by atoms with Gasteiger partial charge in [0.25, 0.3) is 11.8 Å². The highest BCUT2D eigenvalue weighted by Crippen LogP contribution is 2.19. The standard InChI is InChI=1S/C27H28N2O7/c1-29(16-20-7-4-5-10-24(20)34-3)26(31)18-36-27(32)19-11-13-22(14-12-19)35-17-25(30)28-21-8-6-9-23(15-21)33-2/h4-15H,16-18H2,1-3H3,(H,28,30). The molecule has 0 aromatic heterocycles. The summed E-state index contributed by atoms with van der Waals surface area (Å²) in [6, 6.07) is 20.4. The van der Waals surface area contributed by atoms with Gasteiger partial charge < -0.3 is 29.2 Å². The van der Waals surface area contributed by atoms with E-state index in [1.807, 2.05) is 24.3 Å². The molecule has 0 atom stereocenters. The minimum atomic E-state index is -0.642. The lowest BCUT2D eigenvalue weighted by molar-refractivity contribution is -0.133. The molecule has 1 N–H and O–H groups in total. The van der Waals surface area contributed by atoms with Gasteiger partial charge in [0.2, 0.25) is 0 Å². The molecule has 0 fully saturated rings. The fraction of sp³-hybridized carbons (Fsp3) is 0.222. The summed E-state index contributed by atoms with van der Waals surface area (Å²) in [4.78, 5) is 38.3. The number of nitrogens with zero attached hydrogens (tertiary/aromatic N) is 1. The highest BCUT2D eigenvalue weighted by Gasteiger charge is 2.15. The molecule has 0 aliphatic rings. The van der Waals surface area contributed by atoms with Crippen molar-refractivity contribution in [3.05, 3.63) is 83.9 Å². The number of hydrogen-bond donors (Lipinski definition) is 1. The van der Waals surface area contributed by atoms with E-state index in [4.69, 9.17) is 18.9 Å². The lowest BCUT2D eigenvalue weighted by Gasteiger charge is -2.18. The Morgan fingerprint density at radius 2 is 1.58 bits per heavy atom. The summed E-state index contributed by atoms with van der Waals surface area (Å²) in [6.07, 6.45) is 0. The van der Waals surface area contributed by atoms with Crippen LogP contribution in [-0.4, -0.2) is 57.2 Å². The van der Waals surface area contributed by atoms with Crippen LogP contribution in [0, 0.1) is 0 Å². The van der Waals surface area contributed by atoms with Gasteiger partial charge in [-0.2, -0.15) is 0 Å². The molecular weight excluding hydrogens is 464 g/mol. The van der Waals surface area contributed by atoms with E-state index in [0.29, 0.717) is 29.5 Å². The van der Waals surface area contributed by atoms with Crippen molar-refractivity contribution in [1.82, 2.24) is 4.90 Å². The van der Waals surface area contributed by atoms with Crippen molar-refractivity contribution in [1.29, 1.82) is 0 Å². The highest BCUT2D eigenvalue weighted by molar-refractivity contribution is 5.92. The summed E-state index contributed by atoms with van der Waals surface area (Å²) in [5.74, 6) is 0.366. The van der Waals surface area contributed by atoms with Crippen LogP contribution in [0.4, 0.5) is 5.69 Å². The number of esters is 1. The molecule has 188 valence electrons. The monoisotopic (exact) mass is 492 g/mol. The number of carbonyl (C=O) groups excluding carboxylic acids is 3. The van der Waals surface area contributed by atoms with Crippen LogP contribution >= 0.6 is 0 Å². The number of rotatable bonds is 11. The number of likely N-dealkylation sites (N-methyl/N-ethyl adjacent to an activating group) is 1. The van der Waals surface area contributed by atoms with Gasteiger partial charge in [-0.3, -0.25) is 9.59 Å². The smallest absolute Gasteiger partial charge is 0.338 e. The van der Waals surface area contributed by atoms with E-state index in [9.17, 15) is 14.4 Å². The van der Waals surface area contributed by atoms with E-state index in [-0.39, 0.29) is 24.0 Å². The molecule has 0 heterocycles. The SMILES string of the molecule is COc1cccc(NC(=O)COc2ccc(C(=O)OCC(=O)N(C)Cc3ccccc3OC)cc2)c1. The largest absolute Gasteiger partial charge is 0.497 e. The normalized spacial score (nSPS) is 10.2. The van der Waals surface area contributed by atoms with Gasteiger partial charge in [0.1, 0.15) is 17.2 Å². The van der Waals surface area contributed by atoms with Crippen molar-refractivity contribution in [3.63, 3.8) is 0 Å². The lowest BCUT2D eigenvalue weighted by Crippen LogP contribution is -2.31. The highest BCUT2D eigenvalue weighted by atomic mass is 16.5. The number of methoxy groups -OCH3 is 2. The molecular formula is C27H28N2O7. The first-order valence-corrected chi connectivity index (χ1v) is 11.1. The molecule has 0 aliphatic heterocycles. The van der Waals surface area contributed by atoms with Crippen molar-refractivity contribution in [2.24, 2.45) is 0 Å². The number of benzene rings is 3. The number of carbonyl (C=O) groups is 3. The molecule has 2 amide bonds. The Balaban J connectivity index is 1.44. The topological polar surface area (TPSA) is 103 Å². The molecule has 3 aromatic carbocycles. The van der Waals surface area contributed by atoms with Gasteiger partial charge >= 0.3 is 5.97 Å². The zero-order valence-electron chi connectivity index (χ0n) is 20.4. The average Bonchev–Trinajstić information content (AvgIpc) is 2.91. The van der Waals surface area contributed by atoms with E-state index in [1.165, 1.54) is 17.0 Å². The third-order valence-corrected chi connectivity index (χ3v) is 5.17. The van der Waals surface area contributed by atoms with Gasteiger partial charge in [0, 0.05) is 30.9 Å². The first-order valence-electron chi connectivity index (χ1n) is 11.1. The third kappa shape index (κ3) is 7.49. The first kappa shape index (κ1) is 26.1. The maximum absolute atomic E-state index is 12.4. The van der Waals surface area contributed by atoms with E-state index in [2.05, 4.69) is 5.32 Å². The lowest BCUT2D eigenvalue weighted by atomic mass is 10.2. The molecule has 0 saturated heterocycles. The Hall–Kier alpha value is -4.53. The minimum Gasteiger partial charge on any atom is -0.497 e. The van der Waals surface area contributed by atoms with Crippen LogP contribution in [0.3, 0.4) is 0 Å². The van der Waals surface area contributed by atoms with Crippen molar-refractivity contribution in [2.75, 3.05) is 39.8 Å². The molecule has 0 unspecified atom stereocenters. The summed E-state index contributed by atoms with van der Waals surface area (Å²) in [5, 5.41) is 2.71. The zero-order valence-corrected chi connectivity index (χ0v) is 20.4. The number of amides is 2. The Morgan fingerprint density at radius 3 is 2.31 bits per heavy atom. The van der Waals surface area contributed by atoms with Gasteiger partial charge in [-0.1, -0.05) is 24.3 Å². The maximum Gasteiger partial charge on any atom is 0.338 e. The fourth-order valence-electron chi connectivity index (χ4n) is 3.23. The van der Waals surface area contributed by atoms with Gasteiger partial charge in [0.15, 0.2) is 13.2 Å². The van der Waals surface area contributed by atoms with Gasteiger partial charge in [-0.25, -0.2) is 4.79 Å². The average molecular weight is 493 g/mol. The van der Waals surface area contributed by atoms with Crippen LogP contribution in [0.5, 0.6) is 17.2 Å². The van der Waals surface area contributed by atoms with E-state index in [1.54, 1.807) is 57.7 Å². The van der Waals surface area contributed by atoms with Crippen LogP contribution in [-0.2, 0) is 20.9 Å². The summed E-state index contributed by atoms with van der Waals surface area (Å²) in [5.41, 5.74) is 1.68. The zero-order chi connectivity index (χ0) is 25.9. The van der Waals surface area contributed by atoms with Crippen molar-refractivity contribution < 1.29 is 33.3 Å². The van der Waals surface area contributed by atoms with Crippen LogP contribution in [0.15, 0.2) is 72.8 Å². The van der Waals surface area contributed by atoms with Crippen molar-refractivity contribution in [2.45, 2.75) is 6.54 Å². The van der Waals surface area contributed by atoms with Gasteiger partial charge in [-0.05, 0) is 42.5 Å². The molecule has 0 radical (unpaired) electrons.